The first kappa shape index (κ1) is 23.0. The number of aromatic hydroxyl groups is 1. The maximum Gasteiger partial charge on any atom is 0.245 e. The molecule has 3 aromatic rings. The zero-order chi connectivity index (χ0) is 24.8. The lowest BCUT2D eigenvalue weighted by atomic mass is 9.82. The van der Waals surface area contributed by atoms with Crippen molar-refractivity contribution < 1.29 is 18.6 Å². The van der Waals surface area contributed by atoms with Gasteiger partial charge in [-0.05, 0) is 55.4 Å². The summed E-state index contributed by atoms with van der Waals surface area (Å²) in [4.78, 5) is 10.2. The Labute approximate surface area is 207 Å². The van der Waals surface area contributed by atoms with Crippen molar-refractivity contribution in [1.29, 1.82) is 0 Å². The van der Waals surface area contributed by atoms with Gasteiger partial charge in [0, 0.05) is 35.8 Å². The first-order chi connectivity index (χ1) is 17.5. The van der Waals surface area contributed by atoms with Gasteiger partial charge in [0.2, 0.25) is 17.8 Å². The summed E-state index contributed by atoms with van der Waals surface area (Å²) in [5.74, 6) is -0.134. The lowest BCUT2D eigenvalue weighted by Crippen LogP contribution is -2.62. The molecule has 2 saturated heterocycles. The van der Waals surface area contributed by atoms with Gasteiger partial charge in [0.15, 0.2) is 0 Å². The third-order valence-corrected chi connectivity index (χ3v) is 7.46. The van der Waals surface area contributed by atoms with Gasteiger partial charge in [-0.3, -0.25) is 0 Å². The Morgan fingerprint density at radius 2 is 1.94 bits per heavy atom. The van der Waals surface area contributed by atoms with Crippen molar-refractivity contribution in [2.75, 3.05) is 12.0 Å². The Hall–Kier alpha value is -3.40. The molecule has 0 spiro atoms. The minimum absolute atomic E-state index is 0.0402. The van der Waals surface area contributed by atoms with Crippen LogP contribution in [-0.2, 0) is 0 Å². The second kappa shape index (κ2) is 9.24. The molecule has 4 atom stereocenters. The number of hydrogen-bond donors (Lipinski definition) is 2. The van der Waals surface area contributed by atoms with Gasteiger partial charge >= 0.3 is 0 Å². The van der Waals surface area contributed by atoms with Crippen LogP contribution in [0.5, 0.6) is 11.6 Å². The number of phenols is 1. The van der Waals surface area contributed by atoms with Crippen molar-refractivity contribution in [1.82, 2.24) is 25.5 Å². The summed E-state index contributed by atoms with van der Waals surface area (Å²) < 4.78 is 34.3. The smallest absolute Gasteiger partial charge is 0.245 e. The predicted molar refractivity (Wildman–Crippen MR) is 130 cm³/mol. The van der Waals surface area contributed by atoms with E-state index in [4.69, 9.17) is 4.74 Å². The van der Waals surface area contributed by atoms with E-state index >= 15 is 4.39 Å². The number of anilines is 1. The maximum absolute atomic E-state index is 15.4. The number of methoxy groups -OCH3 is 1. The van der Waals surface area contributed by atoms with Crippen molar-refractivity contribution in [3.05, 3.63) is 42.5 Å². The first-order valence-electron chi connectivity index (χ1n) is 12.4. The second-order valence-corrected chi connectivity index (χ2v) is 9.88. The zero-order valence-corrected chi connectivity index (χ0v) is 19.9. The van der Waals surface area contributed by atoms with E-state index < -0.39 is 12.1 Å². The molecule has 3 fully saturated rings. The van der Waals surface area contributed by atoms with Crippen molar-refractivity contribution >= 4 is 5.95 Å². The highest BCUT2D eigenvalue weighted by atomic mass is 19.1. The summed E-state index contributed by atoms with van der Waals surface area (Å²) in [7, 11) is 1.41. The molecule has 8 nitrogen and oxygen atoms in total. The van der Waals surface area contributed by atoms with Gasteiger partial charge in [-0.15, -0.1) is 10.2 Å². The largest absolute Gasteiger partial charge is 0.507 e. The van der Waals surface area contributed by atoms with Crippen LogP contribution in [0.3, 0.4) is 0 Å². The Morgan fingerprint density at radius 1 is 1.08 bits per heavy atom. The number of nitrogens with one attached hydrogen (secondary N) is 1. The number of aromatic nitrogens is 4. The molecule has 1 aromatic carbocycles. The van der Waals surface area contributed by atoms with Gasteiger partial charge in [0.25, 0.3) is 0 Å². The minimum Gasteiger partial charge on any atom is -0.507 e. The molecular weight excluding hydrogens is 466 g/mol. The van der Waals surface area contributed by atoms with Gasteiger partial charge in [-0.1, -0.05) is 12.5 Å². The number of pyridine rings is 1. The van der Waals surface area contributed by atoms with Crippen LogP contribution >= 0.6 is 0 Å². The summed E-state index contributed by atoms with van der Waals surface area (Å²) in [6.45, 7) is 0. The van der Waals surface area contributed by atoms with E-state index in [-0.39, 0.29) is 29.8 Å². The lowest BCUT2D eigenvalue weighted by molar-refractivity contribution is 0.103. The molecule has 2 aromatic heterocycles. The van der Waals surface area contributed by atoms with Crippen molar-refractivity contribution in [3.63, 3.8) is 0 Å². The monoisotopic (exact) mass is 494 g/mol. The number of alkyl halides is 1. The zero-order valence-electron chi connectivity index (χ0n) is 19.9. The lowest BCUT2D eigenvalue weighted by Gasteiger charge is -2.46. The summed E-state index contributed by atoms with van der Waals surface area (Å²) in [5.41, 5.74) is 1.97. The molecule has 10 heteroatoms. The Morgan fingerprint density at radius 3 is 2.67 bits per heavy atom. The molecule has 0 unspecified atom stereocenters. The van der Waals surface area contributed by atoms with E-state index in [1.165, 1.54) is 19.2 Å². The molecule has 0 radical (unpaired) electrons. The van der Waals surface area contributed by atoms with E-state index in [2.05, 4.69) is 25.5 Å². The SMILES string of the molecule is COc1cc(-c2ccc(-c3cnc(N(C4CC4)[C@@H]4C[C@@H]5CCC[C@H](N5)[C@@H]4F)nn3)c(O)c2)cc(F)n1. The van der Waals surface area contributed by atoms with Gasteiger partial charge < -0.3 is 20.1 Å². The predicted octanol–water partition coefficient (Wildman–Crippen LogP) is 4.04. The van der Waals surface area contributed by atoms with E-state index in [1.54, 1.807) is 24.4 Å². The number of hydrogen-bond acceptors (Lipinski definition) is 8. The molecule has 2 bridgehead atoms. The molecule has 188 valence electrons. The van der Waals surface area contributed by atoms with Crippen LogP contribution in [0.4, 0.5) is 14.7 Å². The molecule has 3 aliphatic rings. The summed E-state index contributed by atoms with van der Waals surface area (Å²) in [6.07, 6.45) is 6.33. The number of piperidine rings is 2. The normalized spacial score (nSPS) is 25.4. The fourth-order valence-corrected chi connectivity index (χ4v) is 5.57. The third kappa shape index (κ3) is 4.34. The molecule has 36 heavy (non-hydrogen) atoms. The molecule has 2 N–H and O–H groups in total. The Kier molecular flexibility index (Phi) is 5.91. The number of rotatable bonds is 6. The van der Waals surface area contributed by atoms with E-state index in [0.29, 0.717) is 34.4 Å². The highest BCUT2D eigenvalue weighted by molar-refractivity contribution is 5.74. The molecule has 1 aliphatic carbocycles. The van der Waals surface area contributed by atoms with Crippen LogP contribution in [0.1, 0.15) is 38.5 Å². The van der Waals surface area contributed by atoms with Crippen LogP contribution in [0.15, 0.2) is 36.5 Å². The third-order valence-electron chi connectivity index (χ3n) is 7.46. The van der Waals surface area contributed by atoms with Crippen LogP contribution < -0.4 is 15.0 Å². The fourth-order valence-electron chi connectivity index (χ4n) is 5.57. The van der Waals surface area contributed by atoms with E-state index in [0.717, 1.165) is 38.5 Å². The number of ether oxygens (including phenoxy) is 1. The number of halogens is 2. The number of fused-ring (bicyclic) bond motifs is 2. The molecule has 2 aliphatic heterocycles. The molecular formula is C26H28F2N6O2. The average Bonchev–Trinajstić information content (AvgIpc) is 3.73. The topological polar surface area (TPSA) is 96.3 Å². The Balaban J connectivity index is 1.26. The number of benzene rings is 1. The molecule has 4 heterocycles. The maximum atomic E-state index is 15.4. The highest BCUT2D eigenvalue weighted by Gasteiger charge is 2.47. The Bertz CT molecular complexity index is 1260. The highest BCUT2D eigenvalue weighted by Crippen LogP contribution is 2.39. The van der Waals surface area contributed by atoms with Crippen LogP contribution in [-0.4, -0.2) is 62.7 Å². The fraction of sp³-hybridized carbons (Fsp3) is 0.462. The first-order valence-corrected chi connectivity index (χ1v) is 12.4. The summed E-state index contributed by atoms with van der Waals surface area (Å²) >= 11 is 0. The number of phenolic OH excluding ortho intramolecular Hbond substituents is 1. The standard InChI is InChI=1S/C26H28F2N6O2/c1-36-24-11-15(10-23(27)31-24)14-5-8-18(22(35)9-14)20-13-29-26(33-32-20)34(17-6-7-17)21-12-16-3-2-4-19(30-16)25(21)28/h5,8-11,13,16-17,19,21,25,30,35H,2-4,6-7,12H2,1H3/t16-,19-,21+,25-/m0/s1. The van der Waals surface area contributed by atoms with Gasteiger partial charge in [0.1, 0.15) is 17.6 Å². The van der Waals surface area contributed by atoms with E-state index in [9.17, 15) is 9.50 Å². The van der Waals surface area contributed by atoms with Crippen molar-refractivity contribution in [2.24, 2.45) is 0 Å². The van der Waals surface area contributed by atoms with Crippen molar-refractivity contribution in [2.45, 2.75) is 68.9 Å². The number of nitrogens with zero attached hydrogens (tertiary/aromatic N) is 5. The molecule has 1 saturated carbocycles. The van der Waals surface area contributed by atoms with Crippen LogP contribution in [0, 0.1) is 5.95 Å². The van der Waals surface area contributed by atoms with Crippen LogP contribution in [0.25, 0.3) is 22.4 Å². The van der Waals surface area contributed by atoms with Gasteiger partial charge in [0.05, 0.1) is 19.3 Å². The van der Waals surface area contributed by atoms with Gasteiger partial charge in [-0.2, -0.15) is 9.37 Å². The minimum atomic E-state index is -0.973. The van der Waals surface area contributed by atoms with Gasteiger partial charge in [-0.25, -0.2) is 9.37 Å². The molecule has 6 rings (SSSR count). The second-order valence-electron chi connectivity index (χ2n) is 9.88. The quantitative estimate of drug-likeness (QED) is 0.496. The molecule has 0 amide bonds. The van der Waals surface area contributed by atoms with E-state index in [1.807, 2.05) is 4.90 Å². The summed E-state index contributed by atoms with van der Waals surface area (Å²) in [5, 5.41) is 22.9. The van der Waals surface area contributed by atoms with Crippen LogP contribution in [0.2, 0.25) is 0 Å². The summed E-state index contributed by atoms with van der Waals surface area (Å²) in [6, 6.07) is 8.02. The average molecular weight is 495 g/mol. The van der Waals surface area contributed by atoms with Crippen molar-refractivity contribution in [3.8, 4) is 34.0 Å².